The number of benzene rings is 1. The van der Waals surface area contributed by atoms with Crippen LogP contribution in [0.25, 0.3) is 11.1 Å². The maximum absolute atomic E-state index is 14.0. The molecule has 2 aromatic heterocycles. The predicted octanol–water partition coefficient (Wildman–Crippen LogP) is 5.10. The molecular formula is C21H18FN3S2. The highest BCUT2D eigenvalue weighted by Crippen LogP contribution is 2.38. The van der Waals surface area contributed by atoms with Crippen LogP contribution in [-0.2, 0) is 18.7 Å². The Bertz CT molecular complexity index is 1010. The molecule has 27 heavy (non-hydrogen) atoms. The molecule has 0 fully saturated rings. The molecule has 1 aliphatic rings. The molecule has 0 unspecified atom stereocenters. The van der Waals surface area contributed by atoms with Crippen molar-refractivity contribution in [2.45, 2.75) is 23.7 Å². The molecule has 4 rings (SSSR count). The first-order valence-corrected chi connectivity index (χ1v) is 10.6. The van der Waals surface area contributed by atoms with Gasteiger partial charge in [0.2, 0.25) is 0 Å². The van der Waals surface area contributed by atoms with E-state index in [9.17, 15) is 9.65 Å². The summed E-state index contributed by atoms with van der Waals surface area (Å²) < 4.78 is 14.0. The number of thiophene rings is 1. The molecule has 136 valence electrons. The van der Waals surface area contributed by atoms with E-state index in [0.717, 1.165) is 41.9 Å². The number of nitriles is 1. The predicted molar refractivity (Wildman–Crippen MR) is 108 cm³/mol. The van der Waals surface area contributed by atoms with Crippen molar-refractivity contribution in [3.63, 3.8) is 0 Å². The third-order valence-electron chi connectivity index (χ3n) is 4.75. The van der Waals surface area contributed by atoms with Gasteiger partial charge in [0.15, 0.2) is 0 Å². The zero-order valence-electron chi connectivity index (χ0n) is 14.9. The lowest BCUT2D eigenvalue weighted by Gasteiger charge is -2.27. The lowest BCUT2D eigenvalue weighted by atomic mass is 9.93. The van der Waals surface area contributed by atoms with Crippen molar-refractivity contribution in [2.24, 2.45) is 0 Å². The maximum Gasteiger partial charge on any atom is 0.127 e. The molecule has 0 saturated heterocycles. The Morgan fingerprint density at radius 1 is 1.33 bits per heavy atom. The van der Waals surface area contributed by atoms with Crippen molar-refractivity contribution in [3.8, 4) is 17.2 Å². The fourth-order valence-electron chi connectivity index (χ4n) is 3.37. The Balaban J connectivity index is 1.79. The van der Waals surface area contributed by atoms with Gasteiger partial charge in [-0.25, -0.2) is 9.37 Å². The summed E-state index contributed by atoms with van der Waals surface area (Å²) in [4.78, 5) is 7.09. The Morgan fingerprint density at radius 3 is 2.93 bits per heavy atom. The molecule has 0 saturated carbocycles. The van der Waals surface area contributed by atoms with Gasteiger partial charge in [-0.15, -0.1) is 11.8 Å². The van der Waals surface area contributed by atoms with E-state index >= 15 is 0 Å². The second-order valence-corrected chi connectivity index (χ2v) is 8.33. The highest BCUT2D eigenvalue weighted by molar-refractivity contribution is 7.98. The van der Waals surface area contributed by atoms with E-state index in [1.54, 1.807) is 23.5 Å². The topological polar surface area (TPSA) is 39.9 Å². The summed E-state index contributed by atoms with van der Waals surface area (Å²) in [5, 5.41) is 14.7. The maximum atomic E-state index is 14.0. The van der Waals surface area contributed by atoms with Crippen LogP contribution in [0.2, 0.25) is 0 Å². The van der Waals surface area contributed by atoms with Gasteiger partial charge in [-0.3, -0.25) is 0 Å². The fraction of sp³-hybridized carbons (Fsp3) is 0.238. The van der Waals surface area contributed by atoms with Crippen molar-refractivity contribution < 1.29 is 4.39 Å². The molecule has 3 aromatic rings. The lowest BCUT2D eigenvalue weighted by Crippen LogP contribution is -2.28. The van der Waals surface area contributed by atoms with Crippen LogP contribution in [0, 0.1) is 17.1 Å². The van der Waals surface area contributed by atoms with Crippen LogP contribution in [-0.4, -0.2) is 23.5 Å². The molecule has 0 amide bonds. The zero-order valence-corrected chi connectivity index (χ0v) is 16.5. The molecule has 6 heteroatoms. The average molecular weight is 396 g/mol. The Hall–Kier alpha value is -2.20. The van der Waals surface area contributed by atoms with E-state index < -0.39 is 0 Å². The van der Waals surface area contributed by atoms with Crippen LogP contribution in [0.3, 0.4) is 0 Å². The second-order valence-electron chi connectivity index (χ2n) is 6.58. The minimum Gasteiger partial charge on any atom is -0.302 e. The highest BCUT2D eigenvalue weighted by Gasteiger charge is 2.25. The third kappa shape index (κ3) is 3.63. The smallest absolute Gasteiger partial charge is 0.127 e. The molecule has 1 aromatic carbocycles. The second kappa shape index (κ2) is 7.81. The standard InChI is InChI=1S/C21H18FN3S2/c1-25-8-6-19-17(11-25)20(15-7-9-26-12-15)16(10-23)21(24-19)27-13-14-4-2-3-5-18(14)22/h2-5,7,9,12H,6,8,11,13H2,1H3. The van der Waals surface area contributed by atoms with E-state index in [1.165, 1.54) is 17.8 Å². The molecule has 0 spiro atoms. The van der Waals surface area contributed by atoms with Crippen LogP contribution < -0.4 is 0 Å². The van der Waals surface area contributed by atoms with Crippen molar-refractivity contribution in [3.05, 3.63) is 69.3 Å². The normalized spacial score (nSPS) is 14.0. The van der Waals surface area contributed by atoms with E-state index in [1.807, 2.05) is 11.4 Å². The number of aromatic nitrogens is 1. The van der Waals surface area contributed by atoms with Crippen molar-refractivity contribution in [2.75, 3.05) is 13.6 Å². The molecule has 0 aliphatic carbocycles. The van der Waals surface area contributed by atoms with Crippen LogP contribution in [0.15, 0.2) is 46.1 Å². The number of likely N-dealkylation sites (N-methyl/N-ethyl adjacent to an activating group) is 1. The van der Waals surface area contributed by atoms with Gasteiger partial charge in [-0.05, 0) is 46.6 Å². The minimum atomic E-state index is -0.221. The summed E-state index contributed by atoms with van der Waals surface area (Å²) >= 11 is 3.06. The largest absolute Gasteiger partial charge is 0.302 e. The van der Waals surface area contributed by atoms with E-state index in [0.29, 0.717) is 21.9 Å². The van der Waals surface area contributed by atoms with Gasteiger partial charge in [-0.2, -0.15) is 16.6 Å². The van der Waals surface area contributed by atoms with Crippen LogP contribution in [0.4, 0.5) is 4.39 Å². The monoisotopic (exact) mass is 395 g/mol. The third-order valence-corrected chi connectivity index (χ3v) is 6.46. The van der Waals surface area contributed by atoms with Crippen LogP contribution in [0.1, 0.15) is 22.4 Å². The Morgan fingerprint density at radius 2 is 2.19 bits per heavy atom. The van der Waals surface area contributed by atoms with E-state index in [2.05, 4.69) is 29.5 Å². The summed E-state index contributed by atoms with van der Waals surface area (Å²) in [5.74, 6) is 0.233. The highest BCUT2D eigenvalue weighted by atomic mass is 32.2. The number of fused-ring (bicyclic) bond motifs is 1. The summed E-state index contributed by atoms with van der Waals surface area (Å²) in [6.45, 7) is 1.74. The van der Waals surface area contributed by atoms with Gasteiger partial charge in [0.05, 0.1) is 5.56 Å². The molecule has 1 aliphatic heterocycles. The Labute approximate surface area is 166 Å². The SMILES string of the molecule is CN1CCc2nc(SCc3ccccc3F)c(C#N)c(-c3ccsc3)c2C1. The first kappa shape index (κ1) is 18.2. The van der Waals surface area contributed by atoms with Crippen molar-refractivity contribution in [1.82, 2.24) is 9.88 Å². The first-order chi connectivity index (χ1) is 13.2. The molecule has 0 atom stereocenters. The number of rotatable bonds is 4. The number of pyridine rings is 1. The lowest BCUT2D eigenvalue weighted by molar-refractivity contribution is 0.309. The number of thioether (sulfide) groups is 1. The zero-order chi connectivity index (χ0) is 18.8. The van der Waals surface area contributed by atoms with Crippen molar-refractivity contribution >= 4 is 23.1 Å². The number of hydrogen-bond donors (Lipinski definition) is 0. The number of nitrogens with zero attached hydrogens (tertiary/aromatic N) is 3. The Kier molecular flexibility index (Phi) is 5.26. The van der Waals surface area contributed by atoms with Gasteiger partial charge in [-0.1, -0.05) is 18.2 Å². The quantitative estimate of drug-likeness (QED) is 0.576. The van der Waals surface area contributed by atoms with Gasteiger partial charge in [0, 0.05) is 36.5 Å². The molecule has 3 nitrogen and oxygen atoms in total. The molecule has 0 N–H and O–H groups in total. The van der Waals surface area contributed by atoms with E-state index in [-0.39, 0.29) is 5.82 Å². The minimum absolute atomic E-state index is 0.221. The molecule has 3 heterocycles. The van der Waals surface area contributed by atoms with E-state index in [4.69, 9.17) is 4.98 Å². The summed E-state index contributed by atoms with van der Waals surface area (Å²) in [6.07, 6.45) is 0.863. The van der Waals surface area contributed by atoms with Gasteiger partial charge >= 0.3 is 0 Å². The summed E-state index contributed by atoms with van der Waals surface area (Å²) in [5.41, 5.74) is 5.49. The molecule has 0 radical (unpaired) electrons. The molecular weight excluding hydrogens is 377 g/mol. The number of hydrogen-bond acceptors (Lipinski definition) is 5. The summed E-state index contributed by atoms with van der Waals surface area (Å²) in [7, 11) is 2.09. The van der Waals surface area contributed by atoms with Gasteiger partial charge < -0.3 is 4.90 Å². The first-order valence-electron chi connectivity index (χ1n) is 8.70. The van der Waals surface area contributed by atoms with Gasteiger partial charge in [0.1, 0.15) is 16.9 Å². The number of halogens is 1. The molecule has 0 bridgehead atoms. The fourth-order valence-corrected chi connectivity index (χ4v) is 5.01. The summed E-state index contributed by atoms with van der Waals surface area (Å²) in [6, 6.07) is 11.2. The van der Waals surface area contributed by atoms with Crippen LogP contribution in [0.5, 0.6) is 0 Å². The van der Waals surface area contributed by atoms with Crippen LogP contribution >= 0.6 is 23.1 Å². The average Bonchev–Trinajstić information content (AvgIpc) is 3.20. The van der Waals surface area contributed by atoms with Gasteiger partial charge in [0.25, 0.3) is 0 Å². The van der Waals surface area contributed by atoms with Crippen molar-refractivity contribution in [1.29, 1.82) is 5.26 Å².